The predicted octanol–water partition coefficient (Wildman–Crippen LogP) is 5.86. The van der Waals surface area contributed by atoms with Crippen molar-refractivity contribution in [3.63, 3.8) is 0 Å². The molecule has 1 fully saturated rings. The van der Waals surface area contributed by atoms with Crippen LogP contribution >= 0.6 is 22.9 Å². The van der Waals surface area contributed by atoms with E-state index >= 15 is 4.39 Å². The lowest BCUT2D eigenvalue weighted by Crippen LogP contribution is -2.41. The average molecular weight is 569 g/mol. The first kappa shape index (κ1) is 27.2. The summed E-state index contributed by atoms with van der Waals surface area (Å²) < 4.78 is 16.8. The number of thiazole rings is 1. The van der Waals surface area contributed by atoms with Crippen LogP contribution in [0, 0.1) is 11.7 Å². The van der Waals surface area contributed by atoms with Crippen molar-refractivity contribution in [2.24, 2.45) is 13.0 Å². The van der Waals surface area contributed by atoms with Crippen LogP contribution in [0.4, 0.5) is 10.2 Å². The summed E-state index contributed by atoms with van der Waals surface area (Å²) in [6, 6.07) is 4.89. The molecule has 2 unspecified atom stereocenters. The quantitative estimate of drug-likeness (QED) is 0.290. The van der Waals surface area contributed by atoms with Crippen LogP contribution in [0.5, 0.6) is 0 Å². The maximum Gasteiger partial charge on any atom is 0.228 e. The Morgan fingerprint density at radius 3 is 2.79 bits per heavy atom. The Hall–Kier alpha value is -3.37. The molecule has 5 rings (SSSR count). The van der Waals surface area contributed by atoms with E-state index in [0.29, 0.717) is 33.9 Å². The number of nitrogens with zero attached hydrogens (tertiary/aromatic N) is 4. The molecule has 1 aliphatic carbocycles. The molecule has 3 aromatic heterocycles. The number of rotatable bonds is 7. The van der Waals surface area contributed by atoms with Crippen LogP contribution in [0.3, 0.4) is 0 Å². The lowest BCUT2D eigenvalue weighted by molar-refractivity contribution is -0.124. The fourth-order valence-corrected chi connectivity index (χ4v) is 6.17. The second kappa shape index (κ2) is 11.4. The molecule has 1 saturated carbocycles. The van der Waals surface area contributed by atoms with Gasteiger partial charge in [-0.2, -0.15) is 5.10 Å². The van der Waals surface area contributed by atoms with Gasteiger partial charge in [-0.15, -0.1) is 11.3 Å². The number of fused-ring (bicyclic) bond motifs is 1. The van der Waals surface area contributed by atoms with Crippen molar-refractivity contribution in [1.82, 2.24) is 25.1 Å². The first-order chi connectivity index (χ1) is 18.7. The number of hydrogen-bond donors (Lipinski definition) is 2. The summed E-state index contributed by atoms with van der Waals surface area (Å²) in [5.74, 6) is -0.464. The average Bonchev–Trinajstić information content (AvgIpc) is 3.52. The number of aryl methyl sites for hydroxylation is 1. The highest BCUT2D eigenvalue weighted by Gasteiger charge is 2.29. The largest absolute Gasteiger partial charge is 0.353 e. The molecule has 2 atom stereocenters. The van der Waals surface area contributed by atoms with Crippen molar-refractivity contribution in [3.05, 3.63) is 57.5 Å². The first-order valence-corrected chi connectivity index (χ1v) is 14.3. The van der Waals surface area contributed by atoms with Crippen molar-refractivity contribution < 1.29 is 14.0 Å². The Morgan fingerprint density at radius 1 is 1.23 bits per heavy atom. The second-order valence-electron chi connectivity index (χ2n) is 10.3. The topological polar surface area (TPSA) is 102 Å². The summed E-state index contributed by atoms with van der Waals surface area (Å²) in [5.41, 5.74) is 4.84. The number of pyridine rings is 1. The van der Waals surface area contributed by atoms with E-state index in [0.717, 1.165) is 36.0 Å². The van der Waals surface area contributed by atoms with Crippen LogP contribution in [-0.4, -0.2) is 37.6 Å². The lowest BCUT2D eigenvalue weighted by Gasteiger charge is -2.29. The van der Waals surface area contributed by atoms with Gasteiger partial charge in [0, 0.05) is 47.2 Å². The standard InChI is InChI=1S/C28H30ClFN6O2S/c1-15(2)27-21-8-17(9-23(30)26(21)35-36(27)3)20-11-24(31-12-22(20)29)34-28(38)16-5-4-6-18(7-16)33-25(37)10-19-13-39-14-32-19/h8-9,11-16,18H,4-7,10H2,1-3H3,(H,33,37)(H,31,34,38). The number of nitrogens with one attached hydrogen (secondary N) is 2. The Morgan fingerprint density at radius 2 is 2.05 bits per heavy atom. The van der Waals surface area contributed by atoms with Gasteiger partial charge in [0.1, 0.15) is 11.3 Å². The fourth-order valence-electron chi connectivity index (χ4n) is 5.40. The minimum Gasteiger partial charge on any atom is -0.353 e. The highest BCUT2D eigenvalue weighted by molar-refractivity contribution is 7.07. The Labute approximate surface area is 235 Å². The zero-order valence-corrected chi connectivity index (χ0v) is 23.6. The summed E-state index contributed by atoms with van der Waals surface area (Å²) >= 11 is 7.94. The lowest BCUT2D eigenvalue weighted by atomic mass is 9.85. The van der Waals surface area contributed by atoms with E-state index in [1.54, 1.807) is 16.3 Å². The number of carbonyl (C=O) groups is 2. The third-order valence-electron chi connectivity index (χ3n) is 7.14. The van der Waals surface area contributed by atoms with Crippen LogP contribution in [0.2, 0.25) is 5.02 Å². The van der Waals surface area contributed by atoms with Gasteiger partial charge in [0.05, 0.1) is 22.6 Å². The van der Waals surface area contributed by atoms with E-state index in [1.807, 2.05) is 32.3 Å². The molecule has 1 aromatic carbocycles. The molecule has 2 N–H and O–H groups in total. The van der Waals surface area contributed by atoms with Crippen LogP contribution in [0.1, 0.15) is 56.8 Å². The van der Waals surface area contributed by atoms with Crippen molar-refractivity contribution in [2.45, 2.75) is 57.9 Å². The Bertz CT molecular complexity index is 1520. The molecule has 11 heteroatoms. The molecule has 39 heavy (non-hydrogen) atoms. The number of amides is 2. The van der Waals surface area contributed by atoms with Crippen LogP contribution in [0.15, 0.2) is 35.3 Å². The first-order valence-electron chi connectivity index (χ1n) is 13.0. The molecule has 0 radical (unpaired) electrons. The van der Waals surface area contributed by atoms with E-state index < -0.39 is 5.82 Å². The van der Waals surface area contributed by atoms with E-state index in [1.165, 1.54) is 23.6 Å². The minimum atomic E-state index is -0.437. The number of benzene rings is 1. The van der Waals surface area contributed by atoms with Gasteiger partial charge >= 0.3 is 0 Å². The summed E-state index contributed by atoms with van der Waals surface area (Å²) in [5, 5.41) is 13.2. The van der Waals surface area contributed by atoms with Crippen molar-refractivity contribution in [3.8, 4) is 11.1 Å². The summed E-state index contributed by atoms with van der Waals surface area (Å²) in [7, 11) is 1.81. The zero-order chi connectivity index (χ0) is 27.7. The molecule has 0 aliphatic heterocycles. The smallest absolute Gasteiger partial charge is 0.228 e. The third kappa shape index (κ3) is 5.96. The third-order valence-corrected chi connectivity index (χ3v) is 8.07. The Kier molecular flexibility index (Phi) is 7.95. The number of aromatic nitrogens is 4. The van der Waals surface area contributed by atoms with Crippen LogP contribution < -0.4 is 10.6 Å². The van der Waals surface area contributed by atoms with Gasteiger partial charge in [-0.3, -0.25) is 14.3 Å². The molecule has 4 aromatic rings. The monoisotopic (exact) mass is 568 g/mol. The van der Waals surface area contributed by atoms with Crippen LogP contribution in [-0.2, 0) is 23.1 Å². The van der Waals surface area contributed by atoms with Gasteiger partial charge in [0.25, 0.3) is 0 Å². The second-order valence-corrected chi connectivity index (χ2v) is 11.5. The van der Waals surface area contributed by atoms with Gasteiger partial charge < -0.3 is 10.6 Å². The van der Waals surface area contributed by atoms with Crippen LogP contribution in [0.25, 0.3) is 22.0 Å². The van der Waals surface area contributed by atoms with Gasteiger partial charge in [-0.25, -0.2) is 14.4 Å². The van der Waals surface area contributed by atoms with Crippen molar-refractivity contribution >= 4 is 51.5 Å². The maximum absolute atomic E-state index is 15.1. The number of halogens is 2. The van der Waals surface area contributed by atoms with Crippen molar-refractivity contribution in [2.75, 3.05) is 5.32 Å². The fraction of sp³-hybridized carbons (Fsp3) is 0.393. The molecule has 2 amide bonds. The van der Waals surface area contributed by atoms with Gasteiger partial charge in [0.15, 0.2) is 5.82 Å². The molecule has 0 spiro atoms. The number of hydrogen-bond acceptors (Lipinski definition) is 6. The molecule has 8 nitrogen and oxygen atoms in total. The number of carbonyl (C=O) groups excluding carboxylic acids is 2. The predicted molar refractivity (Wildman–Crippen MR) is 151 cm³/mol. The van der Waals surface area contributed by atoms with Gasteiger partial charge in [0.2, 0.25) is 11.8 Å². The summed E-state index contributed by atoms with van der Waals surface area (Å²) in [4.78, 5) is 34.0. The maximum atomic E-state index is 15.1. The van der Waals surface area contributed by atoms with E-state index in [-0.39, 0.29) is 36.1 Å². The normalized spacial score (nSPS) is 17.5. The van der Waals surface area contributed by atoms with E-state index in [9.17, 15) is 9.59 Å². The summed E-state index contributed by atoms with van der Waals surface area (Å²) in [6.07, 6.45) is 4.64. The highest BCUT2D eigenvalue weighted by Crippen LogP contribution is 2.35. The molecule has 0 bridgehead atoms. The Balaban J connectivity index is 1.31. The molecule has 0 saturated heterocycles. The van der Waals surface area contributed by atoms with E-state index in [2.05, 4.69) is 25.7 Å². The van der Waals surface area contributed by atoms with Gasteiger partial charge in [-0.1, -0.05) is 31.9 Å². The van der Waals surface area contributed by atoms with Crippen molar-refractivity contribution in [1.29, 1.82) is 0 Å². The molecule has 1 aliphatic rings. The zero-order valence-electron chi connectivity index (χ0n) is 22.0. The molecular formula is C28H30ClFN6O2S. The van der Waals surface area contributed by atoms with E-state index in [4.69, 9.17) is 11.6 Å². The molecule has 3 heterocycles. The summed E-state index contributed by atoms with van der Waals surface area (Å²) in [6.45, 7) is 4.08. The number of anilines is 1. The highest BCUT2D eigenvalue weighted by atomic mass is 35.5. The SMILES string of the molecule is CC(C)c1c2cc(-c3cc(NC(=O)C4CCCC(NC(=O)Cc5cscn5)C4)ncc3Cl)cc(F)c2nn1C. The van der Waals surface area contributed by atoms with Gasteiger partial charge in [-0.05, 0) is 48.9 Å². The molecular weight excluding hydrogens is 539 g/mol. The minimum absolute atomic E-state index is 0.0706. The molecule has 204 valence electrons.